The van der Waals surface area contributed by atoms with Crippen LogP contribution in [0.1, 0.15) is 36.8 Å². The third-order valence-electron chi connectivity index (χ3n) is 3.03. The van der Waals surface area contributed by atoms with Crippen molar-refractivity contribution in [1.29, 1.82) is 0 Å². The molecular weight excluding hydrogens is 226 g/mol. The molecule has 1 unspecified atom stereocenters. The zero-order chi connectivity index (χ0) is 13.0. The number of aromatic nitrogens is 4. The second-order valence-corrected chi connectivity index (χ2v) is 4.17. The fourth-order valence-electron chi connectivity index (χ4n) is 2.11. The van der Waals surface area contributed by atoms with E-state index in [-0.39, 0.29) is 6.04 Å². The van der Waals surface area contributed by atoms with Crippen LogP contribution in [0.4, 0.5) is 0 Å². The molecule has 0 aliphatic rings. The summed E-state index contributed by atoms with van der Waals surface area (Å²) >= 11 is 0. The summed E-state index contributed by atoms with van der Waals surface area (Å²) in [5, 5.41) is 11.4. The molecule has 0 amide bonds. The van der Waals surface area contributed by atoms with E-state index < -0.39 is 0 Å². The maximum atomic E-state index is 4.53. The van der Waals surface area contributed by atoms with E-state index in [1.54, 1.807) is 10.9 Å². The van der Waals surface area contributed by atoms with Crippen LogP contribution in [-0.4, -0.2) is 26.5 Å². The lowest BCUT2D eigenvalue weighted by Crippen LogP contribution is -2.26. The first-order valence-corrected chi connectivity index (χ1v) is 6.29. The first-order valence-electron chi connectivity index (χ1n) is 6.29. The Balaban J connectivity index is 2.45. The molecule has 0 radical (unpaired) electrons. The third-order valence-corrected chi connectivity index (χ3v) is 3.03. The lowest BCUT2D eigenvalue weighted by molar-refractivity contribution is 0.554. The summed E-state index contributed by atoms with van der Waals surface area (Å²) in [6.45, 7) is 5.10. The average molecular weight is 245 g/mol. The molecular formula is C13H19N5. The van der Waals surface area contributed by atoms with E-state index in [1.165, 1.54) is 5.56 Å². The van der Waals surface area contributed by atoms with E-state index in [2.05, 4.69) is 40.5 Å². The van der Waals surface area contributed by atoms with E-state index in [0.717, 1.165) is 24.4 Å². The fraction of sp³-hybridized carbons (Fsp3) is 0.462. The average Bonchev–Trinajstić information content (AvgIpc) is 2.82. The van der Waals surface area contributed by atoms with Gasteiger partial charge in [0.25, 0.3) is 0 Å². The summed E-state index contributed by atoms with van der Waals surface area (Å²) in [5.41, 5.74) is 3.35. The fourth-order valence-corrected chi connectivity index (χ4v) is 2.11. The molecule has 0 saturated carbocycles. The topological polar surface area (TPSA) is 55.6 Å². The Labute approximate surface area is 107 Å². The number of nitrogens with one attached hydrogen (secondary N) is 1. The van der Waals surface area contributed by atoms with Crippen LogP contribution in [0.3, 0.4) is 0 Å². The van der Waals surface area contributed by atoms with Crippen molar-refractivity contribution in [2.45, 2.75) is 26.3 Å². The monoisotopic (exact) mass is 245 g/mol. The molecule has 2 aromatic rings. The predicted octanol–water partition coefficient (Wildman–Crippen LogP) is 1.47. The van der Waals surface area contributed by atoms with Crippen molar-refractivity contribution in [3.05, 3.63) is 41.5 Å². The van der Waals surface area contributed by atoms with Gasteiger partial charge < -0.3 is 5.32 Å². The highest BCUT2D eigenvalue weighted by atomic mass is 15.4. The summed E-state index contributed by atoms with van der Waals surface area (Å²) in [5.74, 6) is 0. The molecule has 96 valence electrons. The van der Waals surface area contributed by atoms with Crippen LogP contribution >= 0.6 is 0 Å². The minimum absolute atomic E-state index is 0.0474. The highest BCUT2D eigenvalue weighted by Gasteiger charge is 2.20. The van der Waals surface area contributed by atoms with E-state index >= 15 is 0 Å². The van der Waals surface area contributed by atoms with Crippen molar-refractivity contribution in [3.8, 4) is 0 Å². The van der Waals surface area contributed by atoms with Crippen LogP contribution in [0, 0.1) is 0 Å². The molecule has 0 fully saturated rings. The minimum atomic E-state index is 0.0474. The summed E-state index contributed by atoms with van der Waals surface area (Å²) in [6.07, 6.45) is 4.60. The van der Waals surface area contributed by atoms with Crippen molar-refractivity contribution in [1.82, 2.24) is 25.3 Å². The molecule has 2 rings (SSSR count). The second kappa shape index (κ2) is 5.73. The smallest absolute Gasteiger partial charge is 0.0940 e. The van der Waals surface area contributed by atoms with Gasteiger partial charge in [0, 0.05) is 13.2 Å². The molecule has 2 heterocycles. The Morgan fingerprint density at radius 3 is 2.83 bits per heavy atom. The molecule has 0 saturated heterocycles. The first kappa shape index (κ1) is 12.7. The van der Waals surface area contributed by atoms with Gasteiger partial charge >= 0.3 is 0 Å². The second-order valence-electron chi connectivity index (χ2n) is 4.17. The maximum absolute atomic E-state index is 4.53. The first-order chi connectivity index (χ1) is 8.77. The van der Waals surface area contributed by atoms with Gasteiger partial charge in [-0.2, -0.15) is 0 Å². The van der Waals surface area contributed by atoms with Crippen LogP contribution < -0.4 is 5.32 Å². The lowest BCUT2D eigenvalue weighted by Gasteiger charge is -2.19. The Bertz CT molecular complexity index is 506. The van der Waals surface area contributed by atoms with Gasteiger partial charge in [-0.25, -0.2) is 0 Å². The number of hydrogen-bond acceptors (Lipinski definition) is 4. The number of aryl methyl sites for hydroxylation is 2. The van der Waals surface area contributed by atoms with Gasteiger partial charge in [0.15, 0.2) is 0 Å². The van der Waals surface area contributed by atoms with Gasteiger partial charge in [0.05, 0.1) is 23.6 Å². The summed E-state index contributed by atoms with van der Waals surface area (Å²) in [7, 11) is 1.90. The highest BCUT2D eigenvalue weighted by molar-refractivity contribution is 5.28. The van der Waals surface area contributed by atoms with Crippen LogP contribution in [0.5, 0.6) is 0 Å². The van der Waals surface area contributed by atoms with Crippen LogP contribution in [0.15, 0.2) is 24.5 Å². The largest absolute Gasteiger partial charge is 0.304 e. The van der Waals surface area contributed by atoms with Crippen molar-refractivity contribution in [2.75, 3.05) is 6.54 Å². The molecule has 5 nitrogen and oxygen atoms in total. The lowest BCUT2D eigenvalue weighted by atomic mass is 10.0. The number of rotatable bonds is 5. The van der Waals surface area contributed by atoms with Crippen LogP contribution in [0.25, 0.3) is 0 Å². The Kier molecular flexibility index (Phi) is 4.04. The van der Waals surface area contributed by atoms with Crippen molar-refractivity contribution >= 4 is 0 Å². The number of nitrogens with zero attached hydrogens (tertiary/aromatic N) is 4. The number of hydrogen-bond donors (Lipinski definition) is 1. The van der Waals surface area contributed by atoms with Crippen LogP contribution in [-0.2, 0) is 13.5 Å². The molecule has 5 heteroatoms. The van der Waals surface area contributed by atoms with Crippen LogP contribution in [0.2, 0.25) is 0 Å². The van der Waals surface area contributed by atoms with Gasteiger partial charge in [-0.15, -0.1) is 5.10 Å². The van der Waals surface area contributed by atoms with Gasteiger partial charge in [0.1, 0.15) is 0 Å². The minimum Gasteiger partial charge on any atom is -0.304 e. The zero-order valence-electron chi connectivity index (χ0n) is 11.1. The summed E-state index contributed by atoms with van der Waals surface area (Å²) < 4.78 is 1.79. The quantitative estimate of drug-likeness (QED) is 0.866. The predicted molar refractivity (Wildman–Crippen MR) is 70.1 cm³/mol. The third kappa shape index (κ3) is 2.41. The molecule has 2 aromatic heterocycles. The molecule has 0 aromatic carbocycles. The molecule has 18 heavy (non-hydrogen) atoms. The zero-order valence-corrected chi connectivity index (χ0v) is 11.1. The van der Waals surface area contributed by atoms with E-state index in [9.17, 15) is 0 Å². The SMILES string of the molecule is CCNC(c1ncccc1CC)c1cnnn1C. The molecule has 1 N–H and O–H groups in total. The Morgan fingerprint density at radius 1 is 1.39 bits per heavy atom. The van der Waals surface area contributed by atoms with Gasteiger partial charge in [-0.05, 0) is 24.6 Å². The Morgan fingerprint density at radius 2 is 2.22 bits per heavy atom. The standard InChI is InChI=1S/C13H19N5/c1-4-10-7-6-8-15-12(10)13(14-5-2)11-9-16-17-18(11)3/h6-9,13-14H,4-5H2,1-3H3. The van der Waals surface area contributed by atoms with E-state index in [1.807, 2.05) is 19.3 Å². The highest BCUT2D eigenvalue weighted by Crippen LogP contribution is 2.22. The molecule has 0 aliphatic heterocycles. The van der Waals surface area contributed by atoms with Gasteiger partial charge in [-0.1, -0.05) is 25.1 Å². The van der Waals surface area contributed by atoms with Crippen molar-refractivity contribution < 1.29 is 0 Å². The molecule has 0 bridgehead atoms. The molecule has 0 aliphatic carbocycles. The normalized spacial score (nSPS) is 12.6. The van der Waals surface area contributed by atoms with Gasteiger partial charge in [0.2, 0.25) is 0 Å². The van der Waals surface area contributed by atoms with Gasteiger partial charge in [-0.3, -0.25) is 9.67 Å². The molecule has 0 spiro atoms. The van der Waals surface area contributed by atoms with Crippen molar-refractivity contribution in [3.63, 3.8) is 0 Å². The maximum Gasteiger partial charge on any atom is 0.0940 e. The molecule has 1 atom stereocenters. The van der Waals surface area contributed by atoms with E-state index in [0.29, 0.717) is 0 Å². The number of pyridine rings is 1. The van der Waals surface area contributed by atoms with E-state index in [4.69, 9.17) is 0 Å². The Hall–Kier alpha value is -1.75. The van der Waals surface area contributed by atoms with Crippen molar-refractivity contribution in [2.24, 2.45) is 7.05 Å². The summed E-state index contributed by atoms with van der Waals surface area (Å²) in [6, 6.07) is 4.15. The summed E-state index contributed by atoms with van der Waals surface area (Å²) in [4.78, 5) is 4.53.